The third-order valence-corrected chi connectivity index (χ3v) is 3.69. The van der Waals surface area contributed by atoms with Crippen LogP contribution in [0.25, 0.3) is 0 Å². The molecule has 1 aromatic rings. The zero-order valence-electron chi connectivity index (χ0n) is 10.6. The number of ketones is 1. The molecule has 1 aliphatic rings. The van der Waals surface area contributed by atoms with Crippen molar-refractivity contribution in [1.82, 2.24) is 0 Å². The van der Waals surface area contributed by atoms with E-state index in [1.165, 1.54) is 0 Å². The molecule has 1 heterocycles. The van der Waals surface area contributed by atoms with Crippen LogP contribution in [0.1, 0.15) is 34.3 Å². The molecule has 0 aromatic heterocycles. The third-order valence-electron chi connectivity index (χ3n) is 3.42. The van der Waals surface area contributed by atoms with Gasteiger partial charge in [-0.3, -0.25) is 9.59 Å². The first-order valence-corrected chi connectivity index (χ1v) is 6.63. The maximum atomic E-state index is 12.0. The summed E-state index contributed by atoms with van der Waals surface area (Å²) in [6, 6.07) is 3.64. The fourth-order valence-electron chi connectivity index (χ4n) is 2.25. The Kier molecular flexibility index (Phi) is 3.71. The summed E-state index contributed by atoms with van der Waals surface area (Å²) in [4.78, 5) is 25.5. The number of anilines is 1. The van der Waals surface area contributed by atoms with Gasteiger partial charge in [0.15, 0.2) is 0 Å². The summed E-state index contributed by atoms with van der Waals surface area (Å²) in [5, 5.41) is 0. The Bertz CT molecular complexity index is 511. The van der Waals surface area contributed by atoms with Crippen LogP contribution in [0.2, 0.25) is 0 Å². The molecule has 4 heteroatoms. The fraction of sp³-hybridized carbons (Fsp3) is 0.429. The highest BCUT2D eigenvalue weighted by atomic mass is 35.5. The number of hydrogen-bond acceptors (Lipinski definition) is 2. The molecule has 2 rings (SSSR count). The van der Waals surface area contributed by atoms with Gasteiger partial charge >= 0.3 is 0 Å². The van der Waals surface area contributed by atoms with Crippen molar-refractivity contribution in [2.75, 3.05) is 17.3 Å². The van der Waals surface area contributed by atoms with Gasteiger partial charge in [-0.25, -0.2) is 0 Å². The van der Waals surface area contributed by atoms with Gasteiger partial charge in [0.25, 0.3) is 11.7 Å². The van der Waals surface area contributed by atoms with E-state index in [0.29, 0.717) is 18.0 Å². The number of benzene rings is 1. The Hall–Kier alpha value is -1.35. The summed E-state index contributed by atoms with van der Waals surface area (Å²) in [6.45, 7) is 4.50. The number of unbranched alkanes of at least 4 members (excludes halogenated alkanes) is 1. The van der Waals surface area contributed by atoms with E-state index in [9.17, 15) is 9.59 Å². The Morgan fingerprint density at radius 3 is 2.56 bits per heavy atom. The van der Waals surface area contributed by atoms with Gasteiger partial charge in [0.2, 0.25) is 0 Å². The summed E-state index contributed by atoms with van der Waals surface area (Å²) in [5.74, 6) is -0.220. The van der Waals surface area contributed by atoms with Gasteiger partial charge in [-0.05, 0) is 43.9 Å². The van der Waals surface area contributed by atoms with E-state index in [4.69, 9.17) is 11.6 Å². The number of carbonyl (C=O) groups is 2. The SMILES string of the molecule is Cc1ccc2c(c1C)N(CCCCCl)C(=O)C2=O. The summed E-state index contributed by atoms with van der Waals surface area (Å²) in [7, 11) is 0. The molecule has 3 nitrogen and oxygen atoms in total. The molecule has 0 saturated heterocycles. The highest BCUT2D eigenvalue weighted by Gasteiger charge is 2.36. The molecule has 1 aromatic carbocycles. The minimum Gasteiger partial charge on any atom is -0.304 e. The molecule has 0 bridgehead atoms. The van der Waals surface area contributed by atoms with E-state index in [2.05, 4.69) is 0 Å². The van der Waals surface area contributed by atoms with E-state index < -0.39 is 5.91 Å². The fourth-order valence-corrected chi connectivity index (χ4v) is 2.44. The lowest BCUT2D eigenvalue weighted by Crippen LogP contribution is -2.31. The van der Waals surface area contributed by atoms with Crippen molar-refractivity contribution < 1.29 is 9.59 Å². The average molecular weight is 266 g/mol. The van der Waals surface area contributed by atoms with Crippen LogP contribution >= 0.6 is 11.6 Å². The van der Waals surface area contributed by atoms with Crippen molar-refractivity contribution in [3.05, 3.63) is 28.8 Å². The zero-order valence-corrected chi connectivity index (χ0v) is 11.4. The lowest BCUT2D eigenvalue weighted by atomic mass is 10.0. The lowest BCUT2D eigenvalue weighted by Gasteiger charge is -2.19. The normalized spacial score (nSPS) is 14.3. The first-order chi connectivity index (χ1) is 8.57. The summed E-state index contributed by atoms with van der Waals surface area (Å²) < 4.78 is 0. The topological polar surface area (TPSA) is 37.4 Å². The minimum atomic E-state index is -0.409. The molecule has 0 aliphatic carbocycles. The van der Waals surface area contributed by atoms with Gasteiger partial charge in [-0.2, -0.15) is 0 Å². The molecule has 0 radical (unpaired) electrons. The van der Waals surface area contributed by atoms with E-state index in [0.717, 1.165) is 29.7 Å². The molecule has 18 heavy (non-hydrogen) atoms. The van der Waals surface area contributed by atoms with Crippen molar-refractivity contribution in [3.63, 3.8) is 0 Å². The number of alkyl halides is 1. The Balaban J connectivity index is 2.37. The molecule has 0 unspecified atom stereocenters. The van der Waals surface area contributed by atoms with Crippen LogP contribution < -0.4 is 4.90 Å². The number of carbonyl (C=O) groups excluding carboxylic acids is 2. The van der Waals surface area contributed by atoms with Crippen LogP contribution in [-0.4, -0.2) is 24.1 Å². The maximum Gasteiger partial charge on any atom is 0.299 e. The first-order valence-electron chi connectivity index (χ1n) is 6.10. The summed E-state index contributed by atoms with van der Waals surface area (Å²) in [6.07, 6.45) is 1.66. The molecule has 0 saturated carbocycles. The monoisotopic (exact) mass is 265 g/mol. The second-order valence-corrected chi connectivity index (χ2v) is 4.96. The smallest absolute Gasteiger partial charge is 0.299 e. The zero-order chi connectivity index (χ0) is 13.3. The molecular weight excluding hydrogens is 250 g/mol. The van der Waals surface area contributed by atoms with Crippen LogP contribution in [0.4, 0.5) is 5.69 Å². The number of rotatable bonds is 4. The third kappa shape index (κ3) is 2.03. The highest BCUT2D eigenvalue weighted by molar-refractivity contribution is 6.52. The molecule has 96 valence electrons. The molecule has 1 aliphatic heterocycles. The number of aryl methyl sites for hydroxylation is 1. The minimum absolute atomic E-state index is 0.390. The number of fused-ring (bicyclic) bond motifs is 1. The number of amides is 1. The highest BCUT2D eigenvalue weighted by Crippen LogP contribution is 2.34. The summed E-state index contributed by atoms with van der Waals surface area (Å²) in [5.41, 5.74) is 3.43. The van der Waals surface area contributed by atoms with Crippen molar-refractivity contribution in [2.24, 2.45) is 0 Å². The lowest BCUT2D eigenvalue weighted by molar-refractivity contribution is -0.114. The van der Waals surface area contributed by atoms with Crippen LogP contribution in [0.5, 0.6) is 0 Å². The first kappa shape index (κ1) is 13.1. The molecule has 0 N–H and O–H groups in total. The van der Waals surface area contributed by atoms with Crippen LogP contribution in [0, 0.1) is 13.8 Å². The molecular formula is C14H16ClNO2. The predicted octanol–water partition coefficient (Wildman–Crippen LogP) is 2.85. The Morgan fingerprint density at radius 2 is 1.89 bits per heavy atom. The maximum absolute atomic E-state index is 12.0. The second-order valence-electron chi connectivity index (χ2n) is 4.59. The molecule has 1 amide bonds. The standard InChI is InChI=1S/C14H16ClNO2/c1-9-5-6-11-12(10(9)2)16(8-4-3-7-15)14(18)13(11)17/h5-6H,3-4,7-8H2,1-2H3. The second kappa shape index (κ2) is 5.11. The van der Waals surface area contributed by atoms with E-state index in [1.807, 2.05) is 19.9 Å². The van der Waals surface area contributed by atoms with Crippen LogP contribution in [0.15, 0.2) is 12.1 Å². The number of Topliss-reactive ketones (excluding diaryl/α,β-unsaturated/α-hetero) is 1. The van der Waals surface area contributed by atoms with E-state index in [1.54, 1.807) is 11.0 Å². The van der Waals surface area contributed by atoms with Gasteiger partial charge in [-0.15, -0.1) is 11.6 Å². The van der Waals surface area contributed by atoms with Crippen molar-refractivity contribution in [3.8, 4) is 0 Å². The average Bonchev–Trinajstić information content (AvgIpc) is 2.60. The largest absolute Gasteiger partial charge is 0.304 e. The Labute approximate surface area is 112 Å². The number of halogens is 1. The molecule has 0 atom stereocenters. The van der Waals surface area contributed by atoms with Gasteiger partial charge < -0.3 is 4.90 Å². The van der Waals surface area contributed by atoms with Crippen molar-refractivity contribution in [1.29, 1.82) is 0 Å². The molecule has 0 fully saturated rings. The summed E-state index contributed by atoms with van der Waals surface area (Å²) >= 11 is 5.64. The predicted molar refractivity (Wildman–Crippen MR) is 72.6 cm³/mol. The van der Waals surface area contributed by atoms with Gasteiger partial charge in [0, 0.05) is 12.4 Å². The van der Waals surface area contributed by atoms with Crippen molar-refractivity contribution >= 4 is 29.0 Å². The number of hydrogen-bond donors (Lipinski definition) is 0. The van der Waals surface area contributed by atoms with Crippen LogP contribution in [0.3, 0.4) is 0 Å². The quantitative estimate of drug-likeness (QED) is 0.477. The number of nitrogens with zero attached hydrogens (tertiary/aromatic N) is 1. The Morgan fingerprint density at radius 1 is 1.17 bits per heavy atom. The van der Waals surface area contributed by atoms with Crippen molar-refractivity contribution in [2.45, 2.75) is 26.7 Å². The van der Waals surface area contributed by atoms with E-state index >= 15 is 0 Å². The van der Waals surface area contributed by atoms with Crippen LogP contribution in [-0.2, 0) is 4.79 Å². The molecule has 0 spiro atoms. The van der Waals surface area contributed by atoms with Gasteiger partial charge in [0.1, 0.15) is 0 Å². The van der Waals surface area contributed by atoms with Gasteiger partial charge in [0.05, 0.1) is 11.3 Å². The van der Waals surface area contributed by atoms with E-state index in [-0.39, 0.29) is 5.78 Å². The van der Waals surface area contributed by atoms with Gasteiger partial charge in [-0.1, -0.05) is 6.07 Å².